The van der Waals surface area contributed by atoms with Gasteiger partial charge in [-0.25, -0.2) is 0 Å². The number of halogens is 1. The second-order valence-electron chi connectivity index (χ2n) is 8.09. The molecule has 1 unspecified atom stereocenters. The molecule has 1 aliphatic heterocycles. The van der Waals surface area contributed by atoms with Crippen LogP contribution in [0.1, 0.15) is 36.6 Å². The van der Waals surface area contributed by atoms with Gasteiger partial charge in [-0.1, -0.05) is 53.6 Å². The zero-order valence-corrected chi connectivity index (χ0v) is 20.5. The molecule has 1 amide bonds. The van der Waals surface area contributed by atoms with Crippen LogP contribution < -0.4 is 14.4 Å². The first kappa shape index (κ1) is 24.4. The van der Waals surface area contributed by atoms with E-state index in [0.29, 0.717) is 46.5 Å². The molecule has 3 aromatic rings. The highest BCUT2D eigenvalue weighted by atomic mass is 35.5. The number of aliphatic hydroxyl groups excluding tert-OH is 1. The molecule has 1 atom stereocenters. The number of nitrogens with zero attached hydrogens (tertiary/aromatic N) is 1. The normalized spacial score (nSPS) is 17.0. The van der Waals surface area contributed by atoms with Crippen molar-refractivity contribution < 1.29 is 24.2 Å². The molecule has 0 saturated carbocycles. The third kappa shape index (κ3) is 4.75. The smallest absolute Gasteiger partial charge is 0.300 e. The van der Waals surface area contributed by atoms with Gasteiger partial charge in [-0.05, 0) is 50.6 Å². The van der Waals surface area contributed by atoms with E-state index in [1.807, 2.05) is 45.0 Å². The lowest BCUT2D eigenvalue weighted by Gasteiger charge is -2.26. The van der Waals surface area contributed by atoms with E-state index < -0.39 is 17.7 Å². The number of ketones is 1. The van der Waals surface area contributed by atoms with Gasteiger partial charge in [0.1, 0.15) is 5.76 Å². The number of rotatable bonds is 7. The number of amides is 1. The Morgan fingerprint density at radius 2 is 1.66 bits per heavy atom. The van der Waals surface area contributed by atoms with Crippen LogP contribution in [0, 0.1) is 6.92 Å². The zero-order valence-electron chi connectivity index (χ0n) is 19.7. The number of hydrogen-bond acceptors (Lipinski definition) is 5. The first-order valence-electron chi connectivity index (χ1n) is 11.4. The summed E-state index contributed by atoms with van der Waals surface area (Å²) in [7, 11) is 0. The predicted molar refractivity (Wildman–Crippen MR) is 136 cm³/mol. The number of aryl methyl sites for hydroxylation is 1. The monoisotopic (exact) mass is 491 g/mol. The number of carbonyl (C=O) groups excluding carboxylic acids is 2. The molecule has 0 aliphatic carbocycles. The number of hydrogen-bond donors (Lipinski definition) is 1. The molecule has 35 heavy (non-hydrogen) atoms. The van der Waals surface area contributed by atoms with Crippen LogP contribution in [0.3, 0.4) is 0 Å². The Hall–Kier alpha value is -3.77. The second kappa shape index (κ2) is 10.2. The standard InChI is InChI=1S/C28H26ClNO5/c1-4-34-22-13-12-21(16-23(22)35-5-2)30-25(18-9-6-8-17(3)14-18)24(27(32)28(30)33)26(31)19-10-7-11-20(29)15-19/h6-16,25,31H,4-5H2,1-3H3/b26-24+. The Kier molecular flexibility index (Phi) is 7.12. The lowest BCUT2D eigenvalue weighted by atomic mass is 9.94. The van der Waals surface area contributed by atoms with Gasteiger partial charge in [-0.3, -0.25) is 14.5 Å². The maximum absolute atomic E-state index is 13.4. The topological polar surface area (TPSA) is 76.1 Å². The van der Waals surface area contributed by atoms with E-state index in [0.717, 1.165) is 5.56 Å². The van der Waals surface area contributed by atoms with Gasteiger partial charge in [-0.15, -0.1) is 0 Å². The SMILES string of the molecule is CCOc1ccc(N2C(=O)C(=O)/C(=C(/O)c3cccc(Cl)c3)C2c2cccc(C)c2)cc1OCC. The van der Waals surface area contributed by atoms with Crippen LogP contribution in [-0.2, 0) is 9.59 Å². The molecule has 1 N–H and O–H groups in total. The largest absolute Gasteiger partial charge is 0.507 e. The van der Waals surface area contributed by atoms with Crippen LogP contribution in [0.4, 0.5) is 5.69 Å². The molecule has 1 saturated heterocycles. The Bertz CT molecular complexity index is 1320. The highest BCUT2D eigenvalue weighted by molar-refractivity contribution is 6.51. The van der Waals surface area contributed by atoms with Crippen molar-refractivity contribution in [2.75, 3.05) is 18.1 Å². The number of ether oxygens (including phenoxy) is 2. The highest BCUT2D eigenvalue weighted by Gasteiger charge is 2.47. The minimum absolute atomic E-state index is 0.00490. The molecule has 0 bridgehead atoms. The van der Waals surface area contributed by atoms with Crippen molar-refractivity contribution >= 4 is 34.7 Å². The molecule has 1 heterocycles. The average Bonchev–Trinajstić information content (AvgIpc) is 3.10. The Morgan fingerprint density at radius 1 is 0.943 bits per heavy atom. The Labute approximate surface area is 209 Å². The van der Waals surface area contributed by atoms with Gasteiger partial charge in [0.25, 0.3) is 11.7 Å². The Balaban J connectivity index is 1.93. The maximum Gasteiger partial charge on any atom is 0.300 e. The van der Waals surface area contributed by atoms with Crippen molar-refractivity contribution in [3.8, 4) is 11.5 Å². The lowest BCUT2D eigenvalue weighted by Crippen LogP contribution is -2.29. The van der Waals surface area contributed by atoms with Crippen molar-refractivity contribution in [2.45, 2.75) is 26.8 Å². The van der Waals surface area contributed by atoms with Gasteiger partial charge in [0.05, 0.1) is 24.8 Å². The third-order valence-electron chi connectivity index (χ3n) is 5.71. The van der Waals surface area contributed by atoms with Gasteiger partial charge in [-0.2, -0.15) is 0 Å². The van der Waals surface area contributed by atoms with Crippen molar-refractivity contribution in [2.24, 2.45) is 0 Å². The quantitative estimate of drug-likeness (QED) is 0.246. The van der Waals surface area contributed by atoms with Crippen LogP contribution in [0.15, 0.2) is 72.3 Å². The zero-order chi connectivity index (χ0) is 25.1. The fourth-order valence-corrected chi connectivity index (χ4v) is 4.43. The van der Waals surface area contributed by atoms with Crippen LogP contribution in [-0.4, -0.2) is 30.0 Å². The molecular formula is C28H26ClNO5. The van der Waals surface area contributed by atoms with Crippen LogP contribution >= 0.6 is 11.6 Å². The molecule has 7 heteroatoms. The summed E-state index contributed by atoms with van der Waals surface area (Å²) in [6.45, 7) is 6.50. The average molecular weight is 492 g/mol. The number of aliphatic hydroxyl groups is 1. The summed E-state index contributed by atoms with van der Waals surface area (Å²) in [5.74, 6) is -0.796. The third-order valence-corrected chi connectivity index (χ3v) is 5.94. The van der Waals surface area contributed by atoms with E-state index in [9.17, 15) is 14.7 Å². The summed E-state index contributed by atoms with van der Waals surface area (Å²) in [4.78, 5) is 28.1. The molecular weight excluding hydrogens is 466 g/mol. The first-order valence-corrected chi connectivity index (χ1v) is 11.8. The van der Waals surface area contributed by atoms with E-state index in [1.165, 1.54) is 4.90 Å². The summed E-state index contributed by atoms with van der Waals surface area (Å²) in [5.41, 5.74) is 2.46. The first-order chi connectivity index (χ1) is 16.8. The van der Waals surface area contributed by atoms with Gasteiger partial charge in [0.15, 0.2) is 11.5 Å². The predicted octanol–water partition coefficient (Wildman–Crippen LogP) is 6.07. The Morgan fingerprint density at radius 3 is 2.34 bits per heavy atom. The van der Waals surface area contributed by atoms with E-state index in [1.54, 1.807) is 42.5 Å². The van der Waals surface area contributed by atoms with E-state index in [4.69, 9.17) is 21.1 Å². The second-order valence-corrected chi connectivity index (χ2v) is 8.53. The van der Waals surface area contributed by atoms with Crippen molar-refractivity contribution in [3.63, 3.8) is 0 Å². The molecule has 0 aromatic heterocycles. The summed E-state index contributed by atoms with van der Waals surface area (Å²) >= 11 is 6.13. The fraction of sp³-hybridized carbons (Fsp3) is 0.214. The molecule has 0 radical (unpaired) electrons. The van der Waals surface area contributed by atoms with E-state index >= 15 is 0 Å². The van der Waals surface area contributed by atoms with Gasteiger partial charge in [0.2, 0.25) is 0 Å². The lowest BCUT2D eigenvalue weighted by molar-refractivity contribution is -0.132. The summed E-state index contributed by atoms with van der Waals surface area (Å²) < 4.78 is 11.4. The van der Waals surface area contributed by atoms with E-state index in [-0.39, 0.29) is 11.3 Å². The highest BCUT2D eigenvalue weighted by Crippen LogP contribution is 2.44. The fourth-order valence-electron chi connectivity index (χ4n) is 4.24. The summed E-state index contributed by atoms with van der Waals surface area (Å²) in [5, 5.41) is 11.6. The molecule has 180 valence electrons. The van der Waals surface area contributed by atoms with Crippen molar-refractivity contribution in [1.82, 2.24) is 0 Å². The van der Waals surface area contributed by atoms with Gasteiger partial charge in [0, 0.05) is 22.3 Å². The van der Waals surface area contributed by atoms with Crippen LogP contribution in [0.25, 0.3) is 5.76 Å². The van der Waals surface area contributed by atoms with Crippen molar-refractivity contribution in [3.05, 3.63) is 94.0 Å². The molecule has 3 aromatic carbocycles. The number of Topliss-reactive ketones (excluding diaryl/α,β-unsaturated/α-hetero) is 1. The number of anilines is 1. The van der Waals surface area contributed by atoms with Crippen LogP contribution in [0.5, 0.6) is 11.5 Å². The summed E-state index contributed by atoms with van der Waals surface area (Å²) in [6, 6.07) is 18.3. The molecule has 6 nitrogen and oxygen atoms in total. The van der Waals surface area contributed by atoms with Crippen molar-refractivity contribution in [1.29, 1.82) is 0 Å². The van der Waals surface area contributed by atoms with Crippen LogP contribution in [0.2, 0.25) is 5.02 Å². The maximum atomic E-state index is 13.4. The van der Waals surface area contributed by atoms with Gasteiger partial charge < -0.3 is 14.6 Å². The molecule has 1 fully saturated rings. The van der Waals surface area contributed by atoms with E-state index in [2.05, 4.69) is 0 Å². The minimum Gasteiger partial charge on any atom is -0.507 e. The number of carbonyl (C=O) groups is 2. The molecule has 4 rings (SSSR count). The van der Waals surface area contributed by atoms with Gasteiger partial charge >= 0.3 is 0 Å². The summed E-state index contributed by atoms with van der Waals surface area (Å²) in [6.07, 6.45) is 0. The number of benzene rings is 3. The molecule has 1 aliphatic rings. The molecule has 0 spiro atoms. The minimum atomic E-state index is -0.846.